The molecule has 0 bridgehead atoms. The lowest BCUT2D eigenvalue weighted by atomic mass is 9.99. The molecule has 0 aliphatic heterocycles. The zero-order valence-electron chi connectivity index (χ0n) is 11.5. The Bertz CT molecular complexity index is 632. The van der Waals surface area contributed by atoms with E-state index in [2.05, 4.69) is 5.32 Å². The predicted octanol–water partition coefficient (Wildman–Crippen LogP) is 4.64. The largest absolute Gasteiger partial charge is 0.316 e. The van der Waals surface area contributed by atoms with E-state index in [1.165, 1.54) is 6.07 Å². The molecule has 0 radical (unpaired) electrons. The molecule has 2 aromatic rings. The van der Waals surface area contributed by atoms with Gasteiger partial charge in [0.25, 0.3) is 0 Å². The third kappa shape index (κ3) is 4.40. The van der Waals surface area contributed by atoms with E-state index in [-0.39, 0.29) is 6.04 Å². The van der Waals surface area contributed by atoms with Crippen LogP contribution in [0.5, 0.6) is 0 Å². The summed E-state index contributed by atoms with van der Waals surface area (Å²) in [5, 5.41) is 4.43. The fourth-order valence-corrected chi connectivity index (χ4v) is 2.58. The van der Waals surface area contributed by atoms with Gasteiger partial charge in [0.15, 0.2) is 11.6 Å². The van der Waals surface area contributed by atoms with E-state index in [1.807, 2.05) is 13.1 Å². The van der Waals surface area contributed by atoms with E-state index in [4.69, 9.17) is 23.2 Å². The van der Waals surface area contributed by atoms with Crippen molar-refractivity contribution in [3.63, 3.8) is 0 Å². The molecule has 0 aliphatic rings. The van der Waals surface area contributed by atoms with Crippen LogP contribution in [0.4, 0.5) is 8.78 Å². The van der Waals surface area contributed by atoms with E-state index in [1.54, 1.807) is 18.2 Å². The molecule has 0 heterocycles. The van der Waals surface area contributed by atoms with Gasteiger partial charge in [-0.1, -0.05) is 29.3 Å². The molecule has 112 valence electrons. The van der Waals surface area contributed by atoms with Crippen molar-refractivity contribution in [2.45, 2.75) is 18.9 Å². The molecule has 2 rings (SSSR count). The number of hydrogen-bond acceptors (Lipinski definition) is 1. The van der Waals surface area contributed by atoms with Gasteiger partial charge in [0, 0.05) is 16.1 Å². The number of halogens is 4. The first-order chi connectivity index (χ1) is 9.99. The molecule has 0 spiro atoms. The summed E-state index contributed by atoms with van der Waals surface area (Å²) < 4.78 is 26.2. The average Bonchev–Trinajstić information content (AvgIpc) is 2.46. The molecule has 1 nitrogen and oxygen atoms in total. The summed E-state index contributed by atoms with van der Waals surface area (Å²) in [6, 6.07) is 9.30. The molecule has 0 saturated heterocycles. The van der Waals surface area contributed by atoms with Crippen LogP contribution in [-0.2, 0) is 12.8 Å². The van der Waals surface area contributed by atoms with Gasteiger partial charge in [-0.2, -0.15) is 0 Å². The zero-order valence-corrected chi connectivity index (χ0v) is 13.0. The van der Waals surface area contributed by atoms with Gasteiger partial charge in [-0.05, 0) is 61.3 Å². The van der Waals surface area contributed by atoms with Crippen LogP contribution in [0, 0.1) is 11.6 Å². The first-order valence-electron chi connectivity index (χ1n) is 6.54. The lowest BCUT2D eigenvalue weighted by molar-refractivity contribution is 0.503. The Balaban J connectivity index is 2.12. The fraction of sp³-hybridized carbons (Fsp3) is 0.250. The summed E-state index contributed by atoms with van der Waals surface area (Å²) in [6.45, 7) is 0. The van der Waals surface area contributed by atoms with Crippen molar-refractivity contribution in [1.29, 1.82) is 0 Å². The maximum Gasteiger partial charge on any atom is 0.159 e. The van der Waals surface area contributed by atoms with Crippen LogP contribution < -0.4 is 5.32 Å². The third-order valence-corrected chi connectivity index (χ3v) is 3.95. The van der Waals surface area contributed by atoms with E-state index in [9.17, 15) is 8.78 Å². The molecule has 5 heteroatoms. The summed E-state index contributed by atoms with van der Waals surface area (Å²) in [7, 11) is 1.82. The lowest BCUT2D eigenvalue weighted by Gasteiger charge is -2.17. The predicted molar refractivity (Wildman–Crippen MR) is 83.1 cm³/mol. The minimum Gasteiger partial charge on any atom is -0.316 e. The second-order valence-electron chi connectivity index (χ2n) is 4.88. The normalized spacial score (nSPS) is 12.4. The molecular weight excluding hydrogens is 315 g/mol. The van der Waals surface area contributed by atoms with Crippen molar-refractivity contribution in [2.75, 3.05) is 7.05 Å². The van der Waals surface area contributed by atoms with Gasteiger partial charge in [-0.15, -0.1) is 0 Å². The summed E-state index contributed by atoms with van der Waals surface area (Å²) in [5.41, 5.74) is 1.65. The molecule has 1 N–H and O–H groups in total. The van der Waals surface area contributed by atoms with Crippen molar-refractivity contribution < 1.29 is 8.78 Å². The smallest absolute Gasteiger partial charge is 0.159 e. The highest BCUT2D eigenvalue weighted by Gasteiger charge is 2.12. The molecule has 2 aromatic carbocycles. The summed E-state index contributed by atoms with van der Waals surface area (Å²) >= 11 is 12.1. The molecular formula is C16H15Cl2F2N. The highest BCUT2D eigenvalue weighted by molar-refractivity contribution is 6.33. The molecule has 0 amide bonds. The van der Waals surface area contributed by atoms with E-state index in [0.717, 1.165) is 17.2 Å². The van der Waals surface area contributed by atoms with Crippen LogP contribution in [0.3, 0.4) is 0 Å². The van der Waals surface area contributed by atoms with E-state index >= 15 is 0 Å². The number of hydrogen-bond donors (Lipinski definition) is 1. The highest BCUT2D eigenvalue weighted by atomic mass is 35.5. The summed E-state index contributed by atoms with van der Waals surface area (Å²) in [6.07, 6.45) is 1.21. The number of likely N-dealkylation sites (N-methyl/N-ethyl adjacent to an activating group) is 1. The summed E-state index contributed by atoms with van der Waals surface area (Å²) in [4.78, 5) is 0. The molecule has 0 saturated carbocycles. The van der Waals surface area contributed by atoms with Crippen LogP contribution in [0.1, 0.15) is 11.1 Å². The molecule has 21 heavy (non-hydrogen) atoms. The van der Waals surface area contributed by atoms with Gasteiger partial charge >= 0.3 is 0 Å². The average molecular weight is 330 g/mol. The van der Waals surface area contributed by atoms with Gasteiger partial charge < -0.3 is 5.32 Å². The molecule has 1 unspecified atom stereocenters. The van der Waals surface area contributed by atoms with Gasteiger partial charge in [0.1, 0.15) is 0 Å². The van der Waals surface area contributed by atoms with Crippen LogP contribution in [-0.4, -0.2) is 13.1 Å². The van der Waals surface area contributed by atoms with Crippen LogP contribution >= 0.6 is 23.2 Å². The standard InChI is InChI=1S/C16H15Cl2F2N/c1-21-13(6-10-2-5-15(19)16(20)7-10)9-11-8-12(17)3-4-14(11)18/h2-5,7-8,13,21H,6,9H2,1H3. The van der Waals surface area contributed by atoms with Gasteiger partial charge in [-0.3, -0.25) is 0 Å². The zero-order chi connectivity index (χ0) is 15.4. The van der Waals surface area contributed by atoms with Crippen molar-refractivity contribution in [3.05, 3.63) is 69.2 Å². The van der Waals surface area contributed by atoms with Gasteiger partial charge in [0.2, 0.25) is 0 Å². The fourth-order valence-electron chi connectivity index (χ4n) is 2.19. The Hall–Kier alpha value is -1.16. The number of rotatable bonds is 5. The van der Waals surface area contributed by atoms with Gasteiger partial charge in [0.05, 0.1) is 0 Å². The Kier molecular flexibility index (Phi) is 5.57. The summed E-state index contributed by atoms with van der Waals surface area (Å²) in [5.74, 6) is -1.67. The van der Waals surface area contributed by atoms with Crippen LogP contribution in [0.2, 0.25) is 10.0 Å². The van der Waals surface area contributed by atoms with Crippen molar-refractivity contribution in [3.8, 4) is 0 Å². The first-order valence-corrected chi connectivity index (χ1v) is 7.30. The van der Waals surface area contributed by atoms with Crippen molar-refractivity contribution in [2.24, 2.45) is 0 Å². The molecule has 0 aliphatic carbocycles. The molecule has 0 aromatic heterocycles. The van der Waals surface area contributed by atoms with Gasteiger partial charge in [-0.25, -0.2) is 8.78 Å². The SMILES string of the molecule is CNC(Cc1ccc(F)c(F)c1)Cc1cc(Cl)ccc1Cl. The Morgan fingerprint density at radius 2 is 1.76 bits per heavy atom. The minimum atomic E-state index is -0.836. The Morgan fingerprint density at radius 1 is 1.00 bits per heavy atom. The van der Waals surface area contributed by atoms with Crippen molar-refractivity contribution in [1.82, 2.24) is 5.32 Å². The highest BCUT2D eigenvalue weighted by Crippen LogP contribution is 2.23. The maximum absolute atomic E-state index is 13.2. The molecule has 1 atom stereocenters. The van der Waals surface area contributed by atoms with Crippen LogP contribution in [0.25, 0.3) is 0 Å². The first kappa shape index (κ1) is 16.2. The van der Waals surface area contributed by atoms with E-state index < -0.39 is 11.6 Å². The van der Waals surface area contributed by atoms with Crippen molar-refractivity contribution >= 4 is 23.2 Å². The third-order valence-electron chi connectivity index (χ3n) is 3.35. The Morgan fingerprint density at radius 3 is 2.43 bits per heavy atom. The Labute approximate surface area is 132 Å². The second kappa shape index (κ2) is 7.21. The lowest BCUT2D eigenvalue weighted by Crippen LogP contribution is -2.30. The second-order valence-corrected chi connectivity index (χ2v) is 5.72. The topological polar surface area (TPSA) is 12.0 Å². The number of benzene rings is 2. The minimum absolute atomic E-state index is 0.0471. The van der Waals surface area contributed by atoms with Crippen LogP contribution in [0.15, 0.2) is 36.4 Å². The number of nitrogens with one attached hydrogen (secondary N) is 1. The maximum atomic E-state index is 13.2. The monoisotopic (exact) mass is 329 g/mol. The quantitative estimate of drug-likeness (QED) is 0.842. The molecule has 0 fully saturated rings. The van der Waals surface area contributed by atoms with E-state index in [0.29, 0.717) is 22.9 Å².